The maximum absolute atomic E-state index is 5.42. The van der Waals surface area contributed by atoms with Crippen LogP contribution in [-0.2, 0) is 17.8 Å². The number of guanidine groups is 1. The summed E-state index contributed by atoms with van der Waals surface area (Å²) in [6, 6.07) is 8.79. The van der Waals surface area contributed by atoms with E-state index in [0.29, 0.717) is 0 Å². The first kappa shape index (κ1) is 23.0. The van der Waals surface area contributed by atoms with Gasteiger partial charge in [0.25, 0.3) is 0 Å². The molecule has 0 amide bonds. The molecule has 1 aromatic rings. The van der Waals surface area contributed by atoms with Gasteiger partial charge in [0.15, 0.2) is 5.96 Å². The number of piperidine rings is 1. The highest BCUT2D eigenvalue weighted by atomic mass is 16.5. The smallest absolute Gasteiger partial charge is 0.191 e. The van der Waals surface area contributed by atoms with E-state index in [1.54, 1.807) is 0 Å². The highest BCUT2D eigenvalue weighted by molar-refractivity contribution is 5.79. The Morgan fingerprint density at radius 3 is 2.50 bits per heavy atom. The summed E-state index contributed by atoms with van der Waals surface area (Å²) >= 11 is 0. The number of nitrogens with zero attached hydrogens (tertiary/aromatic N) is 3. The molecule has 0 saturated carbocycles. The van der Waals surface area contributed by atoms with Crippen molar-refractivity contribution in [2.75, 3.05) is 59.0 Å². The van der Waals surface area contributed by atoms with Crippen LogP contribution in [0.15, 0.2) is 29.3 Å². The molecule has 2 saturated heterocycles. The molecule has 1 aromatic carbocycles. The maximum atomic E-state index is 5.42. The summed E-state index contributed by atoms with van der Waals surface area (Å²) in [4.78, 5) is 9.95. The molecule has 0 unspecified atom stereocenters. The van der Waals surface area contributed by atoms with Crippen molar-refractivity contribution in [1.82, 2.24) is 20.4 Å². The average Bonchev–Trinajstić information content (AvgIpc) is 2.78. The fraction of sp³-hybridized carbons (Fsp3) is 0.708. The number of morpholine rings is 1. The van der Waals surface area contributed by atoms with E-state index < -0.39 is 0 Å². The first-order chi connectivity index (χ1) is 14.7. The number of nitrogens with one attached hydrogen (secondary N) is 2. The topological polar surface area (TPSA) is 52.1 Å². The minimum atomic E-state index is 0.721. The zero-order valence-electron chi connectivity index (χ0n) is 19.0. The SMILES string of the molecule is CCNC(=NCc1ccccc1CN1CCC(C)CC1)NCCCN1CCOCC1. The van der Waals surface area contributed by atoms with Gasteiger partial charge in [-0.3, -0.25) is 9.80 Å². The second-order valence-corrected chi connectivity index (χ2v) is 8.66. The second-order valence-electron chi connectivity index (χ2n) is 8.66. The van der Waals surface area contributed by atoms with Crippen molar-refractivity contribution < 1.29 is 4.74 Å². The Balaban J connectivity index is 1.48. The summed E-state index contributed by atoms with van der Waals surface area (Å²) in [5.41, 5.74) is 2.75. The van der Waals surface area contributed by atoms with Gasteiger partial charge in [-0.05, 0) is 62.9 Å². The van der Waals surface area contributed by atoms with Crippen molar-refractivity contribution in [2.45, 2.75) is 46.2 Å². The first-order valence-electron chi connectivity index (χ1n) is 11.9. The summed E-state index contributed by atoms with van der Waals surface area (Å²) in [5, 5.41) is 6.90. The Hall–Kier alpha value is -1.63. The zero-order chi connectivity index (χ0) is 21.0. The van der Waals surface area contributed by atoms with E-state index >= 15 is 0 Å². The van der Waals surface area contributed by atoms with E-state index in [0.717, 1.165) is 77.3 Å². The fourth-order valence-corrected chi connectivity index (χ4v) is 4.17. The first-order valence-corrected chi connectivity index (χ1v) is 11.9. The van der Waals surface area contributed by atoms with Crippen LogP contribution in [0.3, 0.4) is 0 Å². The molecule has 0 spiro atoms. The third-order valence-corrected chi connectivity index (χ3v) is 6.19. The van der Waals surface area contributed by atoms with Gasteiger partial charge in [0.1, 0.15) is 0 Å². The number of benzene rings is 1. The van der Waals surface area contributed by atoms with Crippen LogP contribution in [0, 0.1) is 5.92 Å². The highest BCUT2D eigenvalue weighted by Gasteiger charge is 2.16. The molecule has 2 N–H and O–H groups in total. The highest BCUT2D eigenvalue weighted by Crippen LogP contribution is 2.20. The van der Waals surface area contributed by atoms with Crippen molar-refractivity contribution in [1.29, 1.82) is 0 Å². The molecule has 3 rings (SSSR count). The van der Waals surface area contributed by atoms with Gasteiger partial charge < -0.3 is 15.4 Å². The maximum Gasteiger partial charge on any atom is 0.191 e. The van der Waals surface area contributed by atoms with Crippen molar-refractivity contribution in [3.05, 3.63) is 35.4 Å². The van der Waals surface area contributed by atoms with Crippen molar-refractivity contribution in [3.8, 4) is 0 Å². The molecule has 2 aliphatic rings. The summed E-state index contributed by atoms with van der Waals surface area (Å²) in [6.45, 7) is 15.5. The summed E-state index contributed by atoms with van der Waals surface area (Å²) in [5.74, 6) is 1.79. The van der Waals surface area contributed by atoms with E-state index in [4.69, 9.17) is 9.73 Å². The lowest BCUT2D eigenvalue weighted by molar-refractivity contribution is 0.0376. The molecular formula is C24H41N5O. The van der Waals surface area contributed by atoms with Gasteiger partial charge >= 0.3 is 0 Å². The number of ether oxygens (including phenoxy) is 1. The monoisotopic (exact) mass is 415 g/mol. The van der Waals surface area contributed by atoms with E-state index in [1.807, 2.05) is 0 Å². The lowest BCUT2D eigenvalue weighted by atomic mass is 9.98. The number of likely N-dealkylation sites (tertiary alicyclic amines) is 1. The minimum Gasteiger partial charge on any atom is -0.379 e. The number of hydrogen-bond donors (Lipinski definition) is 2. The van der Waals surface area contributed by atoms with E-state index in [2.05, 4.69) is 58.5 Å². The standard InChI is InChI=1S/C24H41N5O/c1-3-25-24(26-11-6-12-28-15-17-30-18-16-28)27-19-22-7-4-5-8-23(22)20-29-13-9-21(2)10-14-29/h4-5,7-8,21H,3,6,9-20H2,1-2H3,(H2,25,26,27). The van der Waals surface area contributed by atoms with E-state index in [-0.39, 0.29) is 0 Å². The average molecular weight is 416 g/mol. The van der Waals surface area contributed by atoms with E-state index in [1.165, 1.54) is 37.1 Å². The van der Waals surface area contributed by atoms with E-state index in [9.17, 15) is 0 Å². The van der Waals surface area contributed by atoms with Crippen LogP contribution in [-0.4, -0.2) is 74.8 Å². The fourth-order valence-electron chi connectivity index (χ4n) is 4.17. The molecule has 0 aliphatic carbocycles. The minimum absolute atomic E-state index is 0.721. The molecular weight excluding hydrogens is 374 g/mol. The Kier molecular flexibility index (Phi) is 9.93. The lowest BCUT2D eigenvalue weighted by Gasteiger charge is -2.30. The quantitative estimate of drug-likeness (QED) is 0.369. The van der Waals surface area contributed by atoms with Gasteiger partial charge in [0.2, 0.25) is 0 Å². The van der Waals surface area contributed by atoms with Gasteiger partial charge in [0.05, 0.1) is 19.8 Å². The molecule has 0 radical (unpaired) electrons. The number of rotatable bonds is 9. The van der Waals surface area contributed by atoms with Crippen LogP contribution in [0.25, 0.3) is 0 Å². The lowest BCUT2D eigenvalue weighted by Crippen LogP contribution is -2.40. The molecule has 168 valence electrons. The largest absolute Gasteiger partial charge is 0.379 e. The molecule has 2 aliphatic heterocycles. The summed E-state index contributed by atoms with van der Waals surface area (Å²) in [6.07, 6.45) is 3.76. The molecule has 0 aromatic heterocycles. The number of hydrogen-bond acceptors (Lipinski definition) is 4. The van der Waals surface area contributed by atoms with Gasteiger partial charge in [-0.15, -0.1) is 0 Å². The predicted octanol–water partition coefficient (Wildman–Crippen LogP) is 2.70. The molecule has 6 heteroatoms. The Morgan fingerprint density at radius 2 is 1.77 bits per heavy atom. The van der Waals surface area contributed by atoms with Crippen LogP contribution < -0.4 is 10.6 Å². The molecule has 0 bridgehead atoms. The Morgan fingerprint density at radius 1 is 1.03 bits per heavy atom. The molecule has 30 heavy (non-hydrogen) atoms. The van der Waals surface area contributed by atoms with Crippen LogP contribution >= 0.6 is 0 Å². The summed E-state index contributed by atoms with van der Waals surface area (Å²) < 4.78 is 5.42. The Bertz CT molecular complexity index is 636. The normalized spacial score (nSPS) is 19.7. The zero-order valence-corrected chi connectivity index (χ0v) is 19.0. The third kappa shape index (κ3) is 7.89. The van der Waals surface area contributed by atoms with Gasteiger partial charge in [-0.25, -0.2) is 4.99 Å². The van der Waals surface area contributed by atoms with Crippen LogP contribution in [0.1, 0.15) is 44.2 Å². The predicted molar refractivity (Wildman–Crippen MR) is 125 cm³/mol. The third-order valence-electron chi connectivity index (χ3n) is 6.19. The van der Waals surface area contributed by atoms with Crippen molar-refractivity contribution in [2.24, 2.45) is 10.9 Å². The van der Waals surface area contributed by atoms with Gasteiger partial charge in [-0.2, -0.15) is 0 Å². The van der Waals surface area contributed by atoms with Crippen LogP contribution in [0.4, 0.5) is 0 Å². The van der Waals surface area contributed by atoms with Crippen molar-refractivity contribution in [3.63, 3.8) is 0 Å². The second kappa shape index (κ2) is 12.9. The molecule has 0 atom stereocenters. The van der Waals surface area contributed by atoms with Crippen molar-refractivity contribution >= 4 is 5.96 Å². The molecule has 2 fully saturated rings. The van der Waals surface area contributed by atoms with Gasteiger partial charge in [-0.1, -0.05) is 31.2 Å². The summed E-state index contributed by atoms with van der Waals surface area (Å²) in [7, 11) is 0. The van der Waals surface area contributed by atoms with Gasteiger partial charge in [0, 0.05) is 32.7 Å². The molecule has 2 heterocycles. The molecule has 6 nitrogen and oxygen atoms in total. The Labute approximate surface area is 183 Å². The van der Waals surface area contributed by atoms with Crippen LogP contribution in [0.5, 0.6) is 0 Å². The van der Waals surface area contributed by atoms with Crippen LogP contribution in [0.2, 0.25) is 0 Å². The number of aliphatic imine (C=N–C) groups is 1.